The van der Waals surface area contributed by atoms with Gasteiger partial charge in [0.15, 0.2) is 5.16 Å². The average Bonchev–Trinajstić information content (AvgIpc) is 2.75. The van der Waals surface area contributed by atoms with E-state index in [4.69, 9.17) is 11.6 Å². The minimum atomic E-state index is -0.350. The third kappa shape index (κ3) is 5.57. The molecule has 0 unspecified atom stereocenters. The van der Waals surface area contributed by atoms with Crippen molar-refractivity contribution in [3.63, 3.8) is 0 Å². The van der Waals surface area contributed by atoms with Gasteiger partial charge in [-0.25, -0.2) is 4.98 Å². The van der Waals surface area contributed by atoms with Crippen LogP contribution in [0, 0.1) is 13.8 Å². The van der Waals surface area contributed by atoms with Gasteiger partial charge in [0.2, 0.25) is 11.8 Å². The lowest BCUT2D eigenvalue weighted by molar-refractivity contribution is -0.122. The topological polar surface area (TPSA) is 93.1 Å². The van der Waals surface area contributed by atoms with Crippen molar-refractivity contribution in [2.24, 2.45) is 0 Å². The molecule has 0 aliphatic carbocycles. The lowest BCUT2D eigenvalue weighted by atomic mass is 10.1. The summed E-state index contributed by atoms with van der Waals surface area (Å²) in [6.07, 6.45) is 1.59. The molecule has 32 heavy (non-hydrogen) atoms. The summed E-state index contributed by atoms with van der Waals surface area (Å²) in [5, 5.41) is 6.70. The minimum Gasteiger partial charge on any atom is -0.346 e. The molecule has 0 aliphatic rings. The number of carbonyl (C=O) groups excluding carboxylic acids is 2. The van der Waals surface area contributed by atoms with Crippen LogP contribution < -0.4 is 16.2 Å². The van der Waals surface area contributed by atoms with E-state index in [0.29, 0.717) is 21.1 Å². The molecule has 166 valence electrons. The highest BCUT2D eigenvalue weighted by atomic mass is 35.5. The van der Waals surface area contributed by atoms with Crippen molar-refractivity contribution < 1.29 is 9.59 Å². The zero-order valence-electron chi connectivity index (χ0n) is 17.8. The molecular weight excluding hydrogens is 448 g/mol. The number of fused-ring (bicyclic) bond motifs is 1. The van der Waals surface area contributed by atoms with Gasteiger partial charge in [0.05, 0.1) is 23.2 Å². The van der Waals surface area contributed by atoms with Crippen molar-refractivity contribution in [1.82, 2.24) is 14.9 Å². The number of aromatic nitrogens is 2. The molecule has 0 bridgehead atoms. The molecule has 3 aromatic rings. The molecule has 0 fully saturated rings. The number of benzene rings is 2. The molecule has 2 aromatic carbocycles. The zero-order chi connectivity index (χ0) is 23.3. The third-order valence-corrected chi connectivity index (χ3v) is 5.93. The summed E-state index contributed by atoms with van der Waals surface area (Å²) in [6, 6.07) is 10.6. The number of hydrogen-bond acceptors (Lipinski definition) is 5. The Morgan fingerprint density at radius 3 is 2.59 bits per heavy atom. The van der Waals surface area contributed by atoms with E-state index in [0.717, 1.165) is 28.6 Å². The summed E-state index contributed by atoms with van der Waals surface area (Å²) < 4.78 is 1.45. The summed E-state index contributed by atoms with van der Waals surface area (Å²) in [6.45, 7) is 7.59. The Morgan fingerprint density at radius 1 is 1.19 bits per heavy atom. The SMILES string of the molecule is C=CCn1c(SCC(=O)NCC(=O)Nc2c(C)cccc2C)nc2cc(Cl)ccc2c1=O. The second-order valence-corrected chi connectivity index (χ2v) is 8.52. The van der Waals surface area contributed by atoms with E-state index in [-0.39, 0.29) is 36.2 Å². The number of rotatable bonds is 8. The first kappa shape index (κ1) is 23.6. The predicted octanol–water partition coefficient (Wildman–Crippen LogP) is 3.70. The molecule has 0 radical (unpaired) electrons. The molecule has 1 heterocycles. The second-order valence-electron chi connectivity index (χ2n) is 7.14. The molecule has 0 saturated carbocycles. The number of para-hydroxylation sites is 1. The highest BCUT2D eigenvalue weighted by molar-refractivity contribution is 7.99. The van der Waals surface area contributed by atoms with Crippen molar-refractivity contribution in [3.8, 4) is 0 Å². The third-order valence-electron chi connectivity index (χ3n) is 4.72. The summed E-state index contributed by atoms with van der Waals surface area (Å²) in [4.78, 5) is 41.9. The quantitative estimate of drug-likeness (QED) is 0.297. The van der Waals surface area contributed by atoms with Crippen LogP contribution in [0.2, 0.25) is 5.02 Å². The first-order chi connectivity index (χ1) is 15.3. The van der Waals surface area contributed by atoms with Crippen molar-refractivity contribution in [2.75, 3.05) is 17.6 Å². The fourth-order valence-corrected chi connectivity index (χ4v) is 4.13. The maximum absolute atomic E-state index is 12.8. The molecule has 2 N–H and O–H groups in total. The minimum absolute atomic E-state index is 0.00761. The summed E-state index contributed by atoms with van der Waals surface area (Å²) >= 11 is 7.13. The van der Waals surface area contributed by atoms with Gasteiger partial charge in [-0.1, -0.05) is 47.6 Å². The summed E-state index contributed by atoms with van der Waals surface area (Å²) in [5.41, 5.74) is 2.86. The lowest BCUT2D eigenvalue weighted by Crippen LogP contribution is -2.34. The molecule has 0 atom stereocenters. The van der Waals surface area contributed by atoms with Gasteiger partial charge in [0.25, 0.3) is 5.56 Å². The predicted molar refractivity (Wildman–Crippen MR) is 129 cm³/mol. The standard InChI is InChI=1S/C23H23ClN4O3S/c1-4-10-28-22(31)17-9-8-16(24)11-18(17)26-23(28)32-13-20(30)25-12-19(29)27-21-14(2)6-5-7-15(21)3/h4-9,11H,1,10,12-13H2,2-3H3,(H,25,30)(H,27,29). The number of carbonyl (C=O) groups is 2. The van der Waals surface area contributed by atoms with E-state index in [1.807, 2.05) is 32.0 Å². The van der Waals surface area contributed by atoms with Crippen LogP contribution in [0.3, 0.4) is 0 Å². The van der Waals surface area contributed by atoms with Crippen LogP contribution in [0.1, 0.15) is 11.1 Å². The van der Waals surface area contributed by atoms with E-state index >= 15 is 0 Å². The maximum atomic E-state index is 12.8. The van der Waals surface area contributed by atoms with Crippen LogP contribution >= 0.6 is 23.4 Å². The van der Waals surface area contributed by atoms with E-state index in [1.165, 1.54) is 4.57 Å². The number of amides is 2. The molecule has 0 aliphatic heterocycles. The molecule has 0 spiro atoms. The lowest BCUT2D eigenvalue weighted by Gasteiger charge is -2.13. The van der Waals surface area contributed by atoms with Crippen LogP contribution in [0.25, 0.3) is 10.9 Å². The highest BCUT2D eigenvalue weighted by Gasteiger charge is 2.14. The summed E-state index contributed by atoms with van der Waals surface area (Å²) in [5.74, 6) is -0.674. The Kier molecular flexibility index (Phi) is 7.71. The Morgan fingerprint density at radius 2 is 1.91 bits per heavy atom. The van der Waals surface area contributed by atoms with Gasteiger partial charge in [0.1, 0.15) is 0 Å². The first-order valence-corrected chi connectivity index (χ1v) is 11.2. The monoisotopic (exact) mass is 470 g/mol. The number of anilines is 1. The summed E-state index contributed by atoms with van der Waals surface area (Å²) in [7, 11) is 0. The Bertz CT molecular complexity index is 1240. The molecule has 1 aromatic heterocycles. The van der Waals surface area contributed by atoms with Crippen molar-refractivity contribution in [2.45, 2.75) is 25.5 Å². The van der Waals surface area contributed by atoms with Crippen molar-refractivity contribution >= 4 is 51.8 Å². The van der Waals surface area contributed by atoms with Gasteiger partial charge in [-0.05, 0) is 43.2 Å². The molecule has 7 nitrogen and oxygen atoms in total. The van der Waals surface area contributed by atoms with Crippen LogP contribution in [0.4, 0.5) is 5.69 Å². The van der Waals surface area contributed by atoms with Crippen LogP contribution in [-0.4, -0.2) is 33.7 Å². The number of nitrogens with one attached hydrogen (secondary N) is 2. The molecule has 3 rings (SSSR count). The number of thioether (sulfide) groups is 1. The number of allylic oxidation sites excluding steroid dienone is 1. The smallest absolute Gasteiger partial charge is 0.262 e. The molecular formula is C23H23ClN4O3S. The van der Waals surface area contributed by atoms with Crippen LogP contribution in [-0.2, 0) is 16.1 Å². The Hall–Kier alpha value is -3.10. The fourth-order valence-electron chi connectivity index (χ4n) is 3.13. The van der Waals surface area contributed by atoms with E-state index < -0.39 is 0 Å². The Labute approximate surface area is 194 Å². The molecule has 0 saturated heterocycles. The van der Waals surface area contributed by atoms with Crippen LogP contribution in [0.15, 0.2) is 59.0 Å². The number of halogens is 1. The van der Waals surface area contributed by atoms with Gasteiger partial charge in [-0.2, -0.15) is 0 Å². The average molecular weight is 471 g/mol. The number of hydrogen-bond donors (Lipinski definition) is 2. The zero-order valence-corrected chi connectivity index (χ0v) is 19.3. The van der Waals surface area contributed by atoms with Gasteiger partial charge in [-0.3, -0.25) is 19.0 Å². The Balaban J connectivity index is 1.65. The van der Waals surface area contributed by atoms with Gasteiger partial charge >= 0.3 is 0 Å². The van der Waals surface area contributed by atoms with Crippen molar-refractivity contribution in [1.29, 1.82) is 0 Å². The van der Waals surface area contributed by atoms with Crippen molar-refractivity contribution in [3.05, 3.63) is 75.6 Å². The van der Waals surface area contributed by atoms with E-state index in [9.17, 15) is 14.4 Å². The number of nitrogens with zero attached hydrogens (tertiary/aromatic N) is 2. The van der Waals surface area contributed by atoms with Crippen LogP contribution in [0.5, 0.6) is 0 Å². The normalized spacial score (nSPS) is 10.7. The van der Waals surface area contributed by atoms with Gasteiger partial charge in [-0.15, -0.1) is 6.58 Å². The van der Waals surface area contributed by atoms with Gasteiger partial charge in [0, 0.05) is 17.3 Å². The largest absolute Gasteiger partial charge is 0.346 e. The molecule has 2 amide bonds. The molecule has 9 heteroatoms. The number of aryl methyl sites for hydroxylation is 2. The van der Waals surface area contributed by atoms with E-state index in [2.05, 4.69) is 22.2 Å². The first-order valence-electron chi connectivity index (χ1n) is 9.86. The maximum Gasteiger partial charge on any atom is 0.262 e. The van der Waals surface area contributed by atoms with E-state index in [1.54, 1.807) is 24.3 Å². The fraction of sp³-hybridized carbons (Fsp3) is 0.217. The second kappa shape index (κ2) is 10.5. The van der Waals surface area contributed by atoms with Gasteiger partial charge < -0.3 is 10.6 Å². The highest BCUT2D eigenvalue weighted by Crippen LogP contribution is 2.21.